The molecule has 1 saturated carbocycles. The summed E-state index contributed by atoms with van der Waals surface area (Å²) in [5.41, 5.74) is 3.06. The molecule has 1 aromatic carbocycles. The fourth-order valence-corrected chi connectivity index (χ4v) is 4.25. The van der Waals surface area contributed by atoms with Gasteiger partial charge in [-0.3, -0.25) is 4.79 Å². The zero-order valence-electron chi connectivity index (χ0n) is 16.6. The van der Waals surface area contributed by atoms with Gasteiger partial charge in [-0.2, -0.15) is 0 Å². The maximum absolute atomic E-state index is 12.7. The van der Waals surface area contributed by atoms with Gasteiger partial charge in [-0.05, 0) is 31.0 Å². The van der Waals surface area contributed by atoms with Crippen molar-refractivity contribution in [1.82, 2.24) is 14.5 Å². The lowest BCUT2D eigenvalue weighted by Gasteiger charge is -2.23. The summed E-state index contributed by atoms with van der Waals surface area (Å²) < 4.78 is 7.07. The average molecular weight is 398 g/mol. The van der Waals surface area contributed by atoms with Crippen molar-refractivity contribution in [3.05, 3.63) is 35.8 Å². The van der Waals surface area contributed by atoms with Crippen LogP contribution in [0.1, 0.15) is 38.1 Å². The summed E-state index contributed by atoms with van der Waals surface area (Å²) in [6, 6.07) is 6.28. The maximum Gasteiger partial charge on any atom is 0.337 e. The van der Waals surface area contributed by atoms with Gasteiger partial charge in [-0.25, -0.2) is 9.78 Å². The Morgan fingerprint density at radius 2 is 2.10 bits per heavy atom. The Balaban J connectivity index is 1.60. The van der Waals surface area contributed by atoms with Gasteiger partial charge in [0, 0.05) is 18.3 Å². The molecule has 2 aromatic rings. The van der Waals surface area contributed by atoms with E-state index in [0.29, 0.717) is 11.7 Å². The first kappa shape index (κ1) is 19.4. The van der Waals surface area contributed by atoms with Crippen LogP contribution in [0.3, 0.4) is 0 Å². The highest BCUT2D eigenvalue weighted by Gasteiger charge is 2.34. The number of hydrogen-bond acceptors (Lipinski definition) is 6. The number of benzene rings is 1. The first-order valence-electron chi connectivity index (χ1n) is 10.1. The number of nitrogens with one attached hydrogen (secondary N) is 1. The Hall–Kier alpha value is -2.87. The molecule has 0 saturated heterocycles. The molecule has 1 aromatic heterocycles. The van der Waals surface area contributed by atoms with Crippen LogP contribution < -0.4 is 5.32 Å². The van der Waals surface area contributed by atoms with Crippen LogP contribution in [0.2, 0.25) is 0 Å². The van der Waals surface area contributed by atoms with Crippen molar-refractivity contribution in [3.63, 3.8) is 0 Å². The number of hydrogen-bond donors (Lipinski definition) is 2. The van der Waals surface area contributed by atoms with Crippen LogP contribution in [-0.2, 0) is 14.3 Å². The number of fused-ring (bicyclic) bond motifs is 1. The predicted molar refractivity (Wildman–Crippen MR) is 108 cm³/mol. The Morgan fingerprint density at radius 1 is 1.31 bits per heavy atom. The summed E-state index contributed by atoms with van der Waals surface area (Å²) in [5, 5.41) is 12.3. The first-order valence-corrected chi connectivity index (χ1v) is 10.1. The van der Waals surface area contributed by atoms with Crippen molar-refractivity contribution in [3.8, 4) is 0 Å². The van der Waals surface area contributed by atoms with Crippen molar-refractivity contribution in [2.24, 2.45) is 0 Å². The molecule has 8 nitrogen and oxygen atoms in total. The SMILES string of the molecule is COC(=O)C1=C(Nc2ccc3c(c2)ncn3C2CCCCC2)C(=O)N(CCO)C1. The van der Waals surface area contributed by atoms with E-state index in [1.54, 1.807) is 0 Å². The molecule has 8 heteroatoms. The molecule has 0 bridgehead atoms. The van der Waals surface area contributed by atoms with Crippen LogP contribution in [0, 0.1) is 0 Å². The standard InChI is InChI=1S/C21H26N4O4/c1-29-21(28)16-12-24(9-10-26)20(27)19(16)23-14-7-8-18-17(11-14)22-13-25(18)15-5-3-2-4-6-15/h7-8,11,13,15,23,26H,2-6,9-10,12H2,1H3. The van der Waals surface area contributed by atoms with Crippen molar-refractivity contribution in [2.75, 3.05) is 32.1 Å². The minimum absolute atomic E-state index is 0.118. The van der Waals surface area contributed by atoms with Gasteiger partial charge in [0.1, 0.15) is 5.70 Å². The highest BCUT2D eigenvalue weighted by Crippen LogP contribution is 2.32. The van der Waals surface area contributed by atoms with Gasteiger partial charge in [-0.1, -0.05) is 19.3 Å². The normalized spacial score (nSPS) is 18.0. The number of amides is 1. The van der Waals surface area contributed by atoms with Crippen LogP contribution in [0.25, 0.3) is 11.0 Å². The summed E-state index contributed by atoms with van der Waals surface area (Å²) in [6.07, 6.45) is 8.05. The summed E-state index contributed by atoms with van der Waals surface area (Å²) in [4.78, 5) is 30.8. The third kappa shape index (κ3) is 3.72. The first-order chi connectivity index (χ1) is 14.1. The average Bonchev–Trinajstić information content (AvgIpc) is 3.30. The molecule has 2 aliphatic rings. The van der Waals surface area contributed by atoms with Crippen molar-refractivity contribution in [2.45, 2.75) is 38.1 Å². The number of carbonyl (C=O) groups excluding carboxylic acids is 2. The van der Waals surface area contributed by atoms with E-state index in [1.807, 2.05) is 24.5 Å². The number of aromatic nitrogens is 2. The van der Waals surface area contributed by atoms with E-state index in [4.69, 9.17) is 4.74 Å². The number of nitrogens with zero attached hydrogens (tertiary/aromatic N) is 3. The zero-order valence-corrected chi connectivity index (χ0v) is 16.6. The largest absolute Gasteiger partial charge is 0.466 e. The molecular formula is C21H26N4O4. The lowest BCUT2D eigenvalue weighted by Crippen LogP contribution is -2.31. The van der Waals surface area contributed by atoms with Gasteiger partial charge in [0.2, 0.25) is 0 Å². The van der Waals surface area contributed by atoms with Crippen LogP contribution in [0.15, 0.2) is 35.8 Å². The number of aliphatic hydroxyl groups excluding tert-OH is 1. The lowest BCUT2D eigenvalue weighted by atomic mass is 9.95. The smallest absolute Gasteiger partial charge is 0.337 e. The molecule has 0 unspecified atom stereocenters. The highest BCUT2D eigenvalue weighted by atomic mass is 16.5. The molecule has 2 heterocycles. The molecule has 1 fully saturated rings. The second-order valence-electron chi connectivity index (χ2n) is 7.57. The molecule has 154 valence electrons. The number of methoxy groups -OCH3 is 1. The summed E-state index contributed by atoms with van der Waals surface area (Å²) in [5.74, 6) is -0.878. The monoisotopic (exact) mass is 398 g/mol. The highest BCUT2D eigenvalue weighted by molar-refractivity contribution is 6.08. The number of aliphatic hydroxyl groups is 1. The summed E-state index contributed by atoms with van der Waals surface area (Å²) in [7, 11) is 1.29. The third-order valence-electron chi connectivity index (χ3n) is 5.77. The molecule has 1 aliphatic carbocycles. The molecular weight excluding hydrogens is 372 g/mol. The molecule has 0 atom stereocenters. The quantitative estimate of drug-likeness (QED) is 0.725. The topological polar surface area (TPSA) is 96.7 Å². The lowest BCUT2D eigenvalue weighted by molar-refractivity contribution is -0.136. The minimum Gasteiger partial charge on any atom is -0.466 e. The second-order valence-corrected chi connectivity index (χ2v) is 7.57. The molecule has 0 spiro atoms. The van der Waals surface area contributed by atoms with Crippen LogP contribution >= 0.6 is 0 Å². The number of rotatable bonds is 6. The second kappa shape index (κ2) is 8.24. The molecule has 1 aliphatic heterocycles. The minimum atomic E-state index is -0.552. The predicted octanol–water partition coefficient (Wildman–Crippen LogP) is 2.21. The number of imidazole rings is 1. The van der Waals surface area contributed by atoms with Crippen LogP contribution in [-0.4, -0.2) is 58.2 Å². The van der Waals surface area contributed by atoms with E-state index in [1.165, 1.54) is 44.1 Å². The zero-order chi connectivity index (χ0) is 20.4. The number of β-amino-alcohol motifs (C(OH)–C–C–N with tert-alkyl or cyclic N) is 1. The van der Waals surface area contributed by atoms with E-state index >= 15 is 0 Å². The van der Waals surface area contributed by atoms with Gasteiger partial charge in [0.15, 0.2) is 0 Å². The third-order valence-corrected chi connectivity index (χ3v) is 5.77. The number of ether oxygens (including phenoxy) is 1. The number of esters is 1. The van der Waals surface area contributed by atoms with Gasteiger partial charge in [0.25, 0.3) is 5.91 Å². The molecule has 0 radical (unpaired) electrons. The fraction of sp³-hybridized carbons (Fsp3) is 0.476. The number of carbonyl (C=O) groups is 2. The van der Waals surface area contributed by atoms with E-state index < -0.39 is 5.97 Å². The Morgan fingerprint density at radius 3 is 2.83 bits per heavy atom. The van der Waals surface area contributed by atoms with E-state index in [9.17, 15) is 14.7 Å². The molecule has 29 heavy (non-hydrogen) atoms. The molecule has 4 rings (SSSR count). The fourth-order valence-electron chi connectivity index (χ4n) is 4.25. The van der Waals surface area contributed by atoms with Gasteiger partial charge in [-0.15, -0.1) is 0 Å². The van der Waals surface area contributed by atoms with E-state index in [-0.39, 0.29) is 36.9 Å². The van der Waals surface area contributed by atoms with Crippen LogP contribution in [0.4, 0.5) is 5.69 Å². The summed E-state index contributed by atoms with van der Waals surface area (Å²) in [6.45, 7) is 0.111. The van der Waals surface area contributed by atoms with Gasteiger partial charge in [0.05, 0.1) is 43.2 Å². The number of anilines is 1. The molecule has 1 amide bonds. The Bertz CT molecular complexity index is 959. The molecule has 2 N–H and O–H groups in total. The van der Waals surface area contributed by atoms with Crippen molar-refractivity contribution in [1.29, 1.82) is 0 Å². The van der Waals surface area contributed by atoms with Crippen molar-refractivity contribution >= 4 is 28.6 Å². The van der Waals surface area contributed by atoms with Gasteiger partial charge >= 0.3 is 5.97 Å². The van der Waals surface area contributed by atoms with Crippen LogP contribution in [0.5, 0.6) is 0 Å². The van der Waals surface area contributed by atoms with E-state index in [2.05, 4.69) is 14.9 Å². The summed E-state index contributed by atoms with van der Waals surface area (Å²) >= 11 is 0. The van der Waals surface area contributed by atoms with Crippen molar-refractivity contribution < 1.29 is 19.4 Å². The van der Waals surface area contributed by atoms with E-state index in [0.717, 1.165) is 11.0 Å². The Kier molecular flexibility index (Phi) is 5.53. The van der Waals surface area contributed by atoms with Gasteiger partial charge < -0.3 is 24.6 Å². The maximum atomic E-state index is 12.7. The Labute approximate surface area is 169 Å².